The molecule has 4 heteroatoms. The van der Waals surface area contributed by atoms with Crippen LogP contribution in [0.5, 0.6) is 5.75 Å². The number of carbonyl (C=O) groups excluding carboxylic acids is 1. The lowest BCUT2D eigenvalue weighted by molar-refractivity contribution is -0.130. The average Bonchev–Trinajstić information content (AvgIpc) is 3.11. The maximum atomic E-state index is 12.3. The van der Waals surface area contributed by atoms with Crippen LogP contribution in [-0.2, 0) is 16.1 Å². The average molecular weight is 417 g/mol. The standard InChI is InChI=1S/C26H21ClO3/c1-17-7-10-20(13-18(17)2)25-15-22(26(28)30-25)14-19-8-11-23(12-9-19)29-16-21-5-3-4-6-24(21)27/h3-15H,16H2,1-2H3/b22-14+. The molecule has 0 bridgehead atoms. The fourth-order valence-corrected chi connectivity index (χ4v) is 3.33. The van der Waals surface area contributed by atoms with E-state index < -0.39 is 0 Å². The van der Waals surface area contributed by atoms with Crippen molar-refractivity contribution in [2.45, 2.75) is 20.5 Å². The van der Waals surface area contributed by atoms with Crippen molar-refractivity contribution in [2.75, 3.05) is 0 Å². The second-order valence-corrected chi connectivity index (χ2v) is 7.65. The fraction of sp³-hybridized carbons (Fsp3) is 0.115. The van der Waals surface area contributed by atoms with Crippen LogP contribution in [0.1, 0.15) is 27.8 Å². The van der Waals surface area contributed by atoms with E-state index in [1.54, 1.807) is 6.08 Å². The molecule has 1 aliphatic rings. The van der Waals surface area contributed by atoms with Crippen molar-refractivity contribution in [3.8, 4) is 5.75 Å². The Hall–Kier alpha value is -3.30. The van der Waals surface area contributed by atoms with Gasteiger partial charge < -0.3 is 9.47 Å². The SMILES string of the molecule is Cc1ccc(C2=C/C(=C\c3ccc(OCc4ccccc4Cl)cc3)C(=O)O2)cc1C. The summed E-state index contributed by atoms with van der Waals surface area (Å²) >= 11 is 6.16. The second kappa shape index (κ2) is 8.60. The summed E-state index contributed by atoms with van der Waals surface area (Å²) in [6.07, 6.45) is 3.60. The van der Waals surface area contributed by atoms with E-state index >= 15 is 0 Å². The van der Waals surface area contributed by atoms with E-state index in [0.717, 1.165) is 28.0 Å². The number of cyclic esters (lactones) is 1. The molecule has 0 radical (unpaired) electrons. The summed E-state index contributed by atoms with van der Waals surface area (Å²) in [5, 5.41) is 0.685. The Labute approximate surface area is 181 Å². The molecule has 0 aliphatic carbocycles. The van der Waals surface area contributed by atoms with E-state index in [2.05, 4.69) is 6.92 Å². The molecule has 150 valence electrons. The summed E-state index contributed by atoms with van der Waals surface area (Å²) in [4.78, 5) is 12.3. The highest BCUT2D eigenvalue weighted by atomic mass is 35.5. The van der Waals surface area contributed by atoms with Gasteiger partial charge in [-0.1, -0.05) is 54.1 Å². The third kappa shape index (κ3) is 4.47. The van der Waals surface area contributed by atoms with E-state index in [4.69, 9.17) is 21.1 Å². The van der Waals surface area contributed by atoms with Gasteiger partial charge in [0.25, 0.3) is 0 Å². The van der Waals surface area contributed by atoms with Gasteiger partial charge in [-0.25, -0.2) is 4.79 Å². The molecule has 4 rings (SSSR count). The molecule has 3 aromatic rings. The normalized spacial score (nSPS) is 14.6. The number of ether oxygens (including phenoxy) is 2. The van der Waals surface area contributed by atoms with Crippen molar-refractivity contribution in [2.24, 2.45) is 0 Å². The van der Waals surface area contributed by atoms with Crippen LogP contribution in [0.4, 0.5) is 0 Å². The Morgan fingerprint density at radius 2 is 1.73 bits per heavy atom. The Morgan fingerprint density at radius 1 is 0.967 bits per heavy atom. The van der Waals surface area contributed by atoms with Gasteiger partial charge in [0.15, 0.2) is 0 Å². The monoisotopic (exact) mass is 416 g/mol. The first-order chi connectivity index (χ1) is 14.5. The largest absolute Gasteiger partial charge is 0.489 e. The molecule has 0 saturated carbocycles. The molecule has 0 saturated heterocycles. The highest BCUT2D eigenvalue weighted by Crippen LogP contribution is 2.29. The molecule has 1 heterocycles. The third-order valence-electron chi connectivity index (χ3n) is 5.07. The molecule has 0 amide bonds. The molecule has 3 aromatic carbocycles. The number of halogens is 1. The van der Waals surface area contributed by atoms with Crippen LogP contribution in [0.2, 0.25) is 5.02 Å². The minimum atomic E-state index is -0.345. The van der Waals surface area contributed by atoms with Gasteiger partial charge in [-0.15, -0.1) is 0 Å². The van der Waals surface area contributed by atoms with Gasteiger partial charge in [0.05, 0.1) is 5.57 Å². The Bertz CT molecular complexity index is 1160. The first-order valence-electron chi connectivity index (χ1n) is 9.69. The predicted molar refractivity (Wildman–Crippen MR) is 120 cm³/mol. The van der Waals surface area contributed by atoms with Gasteiger partial charge in [-0.2, -0.15) is 0 Å². The zero-order valence-electron chi connectivity index (χ0n) is 16.8. The molecule has 0 unspecified atom stereocenters. The number of benzene rings is 3. The van der Waals surface area contributed by atoms with Gasteiger partial charge in [0.2, 0.25) is 0 Å². The van der Waals surface area contributed by atoms with E-state index in [-0.39, 0.29) is 5.97 Å². The van der Waals surface area contributed by atoms with Crippen LogP contribution in [0.3, 0.4) is 0 Å². The lowest BCUT2D eigenvalue weighted by atomic mass is 10.0. The summed E-state index contributed by atoms with van der Waals surface area (Å²) in [7, 11) is 0. The fourth-order valence-electron chi connectivity index (χ4n) is 3.14. The summed E-state index contributed by atoms with van der Waals surface area (Å²) in [5.74, 6) is 0.966. The zero-order valence-corrected chi connectivity index (χ0v) is 17.6. The zero-order chi connectivity index (χ0) is 21.1. The minimum Gasteiger partial charge on any atom is -0.489 e. The van der Waals surface area contributed by atoms with Crippen LogP contribution in [0.15, 0.2) is 78.4 Å². The first kappa shape index (κ1) is 20.0. The van der Waals surface area contributed by atoms with E-state index in [1.165, 1.54) is 5.56 Å². The summed E-state index contributed by atoms with van der Waals surface area (Å²) in [5.41, 5.74) is 5.62. The number of hydrogen-bond acceptors (Lipinski definition) is 3. The third-order valence-corrected chi connectivity index (χ3v) is 5.44. The van der Waals surface area contributed by atoms with E-state index in [0.29, 0.717) is 23.0 Å². The maximum absolute atomic E-state index is 12.3. The van der Waals surface area contributed by atoms with Crippen LogP contribution in [-0.4, -0.2) is 5.97 Å². The highest BCUT2D eigenvalue weighted by molar-refractivity contribution is 6.31. The highest BCUT2D eigenvalue weighted by Gasteiger charge is 2.22. The topological polar surface area (TPSA) is 35.5 Å². The molecule has 0 aromatic heterocycles. The number of hydrogen-bond donors (Lipinski definition) is 0. The van der Waals surface area contributed by atoms with Gasteiger partial charge >= 0.3 is 5.97 Å². The van der Waals surface area contributed by atoms with Crippen molar-refractivity contribution in [1.82, 2.24) is 0 Å². The molecule has 1 aliphatic heterocycles. The number of aryl methyl sites for hydroxylation is 2. The summed E-state index contributed by atoms with van der Waals surface area (Å²) in [6, 6.07) is 21.2. The van der Waals surface area contributed by atoms with Gasteiger partial charge in [-0.05, 0) is 67.0 Å². The van der Waals surface area contributed by atoms with E-state index in [1.807, 2.05) is 79.7 Å². The van der Waals surface area contributed by atoms with Crippen molar-refractivity contribution < 1.29 is 14.3 Å². The van der Waals surface area contributed by atoms with Crippen LogP contribution in [0, 0.1) is 13.8 Å². The minimum absolute atomic E-state index is 0.345. The lowest BCUT2D eigenvalue weighted by Gasteiger charge is -2.08. The Kier molecular flexibility index (Phi) is 5.73. The molecule has 3 nitrogen and oxygen atoms in total. The lowest BCUT2D eigenvalue weighted by Crippen LogP contribution is -1.98. The Balaban J connectivity index is 1.47. The van der Waals surface area contributed by atoms with Crippen LogP contribution < -0.4 is 4.74 Å². The maximum Gasteiger partial charge on any atom is 0.343 e. The molecule has 0 fully saturated rings. The van der Waals surface area contributed by atoms with Crippen LogP contribution in [0.25, 0.3) is 11.8 Å². The van der Waals surface area contributed by atoms with Crippen molar-refractivity contribution in [1.29, 1.82) is 0 Å². The number of esters is 1. The smallest absolute Gasteiger partial charge is 0.343 e. The van der Waals surface area contributed by atoms with Crippen molar-refractivity contribution >= 4 is 29.4 Å². The van der Waals surface area contributed by atoms with Gasteiger partial charge in [0, 0.05) is 16.1 Å². The van der Waals surface area contributed by atoms with E-state index in [9.17, 15) is 4.79 Å². The quantitative estimate of drug-likeness (QED) is 0.351. The molecular formula is C26H21ClO3. The number of rotatable bonds is 5. The predicted octanol–water partition coefficient (Wildman–Crippen LogP) is 6.52. The van der Waals surface area contributed by atoms with Crippen molar-refractivity contribution in [3.63, 3.8) is 0 Å². The first-order valence-corrected chi connectivity index (χ1v) is 10.1. The molecule has 0 atom stereocenters. The molecule has 0 N–H and O–H groups in total. The number of carbonyl (C=O) groups is 1. The second-order valence-electron chi connectivity index (χ2n) is 7.25. The summed E-state index contributed by atoms with van der Waals surface area (Å²) < 4.78 is 11.3. The van der Waals surface area contributed by atoms with Gasteiger partial charge in [-0.3, -0.25) is 0 Å². The van der Waals surface area contributed by atoms with Gasteiger partial charge in [0.1, 0.15) is 18.1 Å². The molecular weight excluding hydrogens is 396 g/mol. The summed E-state index contributed by atoms with van der Waals surface area (Å²) in [6.45, 7) is 4.50. The van der Waals surface area contributed by atoms with Crippen LogP contribution >= 0.6 is 11.6 Å². The Morgan fingerprint density at radius 3 is 2.47 bits per heavy atom. The van der Waals surface area contributed by atoms with Crippen molar-refractivity contribution in [3.05, 3.63) is 111 Å². The molecule has 0 spiro atoms. The molecule has 30 heavy (non-hydrogen) atoms.